The molecule has 0 radical (unpaired) electrons. The van der Waals surface area contributed by atoms with Crippen LogP contribution < -0.4 is 4.90 Å². The van der Waals surface area contributed by atoms with Gasteiger partial charge in [-0.1, -0.05) is 59.9 Å². The van der Waals surface area contributed by atoms with Crippen LogP contribution >= 0.6 is 23.5 Å². The second-order valence-electron chi connectivity index (χ2n) is 5.66. The van der Waals surface area contributed by atoms with Crippen molar-refractivity contribution in [3.63, 3.8) is 0 Å². The first-order valence-corrected chi connectivity index (χ1v) is 9.86. The van der Waals surface area contributed by atoms with E-state index >= 15 is 0 Å². The molecule has 0 fully saturated rings. The van der Waals surface area contributed by atoms with E-state index in [0.717, 1.165) is 21.9 Å². The molecule has 124 valence electrons. The Labute approximate surface area is 156 Å². The molecule has 0 amide bonds. The Morgan fingerprint density at radius 1 is 0.920 bits per heavy atom. The second kappa shape index (κ2) is 6.98. The number of anilines is 1. The van der Waals surface area contributed by atoms with E-state index in [9.17, 15) is 4.79 Å². The van der Waals surface area contributed by atoms with Crippen molar-refractivity contribution in [3.05, 3.63) is 88.3 Å². The zero-order chi connectivity index (χ0) is 17.2. The molecule has 2 aromatic rings. The number of carbonyl (C=O) groups excluding carboxylic acids is 1. The summed E-state index contributed by atoms with van der Waals surface area (Å²) in [7, 11) is 0. The average molecular weight is 364 g/mol. The van der Waals surface area contributed by atoms with Crippen LogP contribution in [-0.4, -0.2) is 12.3 Å². The van der Waals surface area contributed by atoms with Crippen LogP contribution in [0.1, 0.15) is 17.3 Å². The monoisotopic (exact) mass is 363 g/mol. The summed E-state index contributed by atoms with van der Waals surface area (Å²) in [4.78, 5) is 17.8. The summed E-state index contributed by atoms with van der Waals surface area (Å²) < 4.78 is 0. The lowest BCUT2D eigenvalue weighted by Crippen LogP contribution is -2.16. The SMILES string of the molecule is CCN1/C(=C/C=C/C=C2/Sc3ccccc3C2=O)Sc2ccccc21. The van der Waals surface area contributed by atoms with E-state index in [1.165, 1.54) is 15.6 Å². The molecule has 2 aliphatic heterocycles. The minimum atomic E-state index is 0.121. The molecule has 0 aliphatic carbocycles. The van der Waals surface area contributed by atoms with Crippen LogP contribution in [0.2, 0.25) is 0 Å². The smallest absolute Gasteiger partial charge is 0.200 e. The Morgan fingerprint density at radius 3 is 2.44 bits per heavy atom. The van der Waals surface area contributed by atoms with Gasteiger partial charge in [-0.2, -0.15) is 0 Å². The highest BCUT2D eigenvalue weighted by Crippen LogP contribution is 2.45. The summed E-state index contributed by atoms with van der Waals surface area (Å²) in [6, 6.07) is 16.2. The molecule has 2 nitrogen and oxygen atoms in total. The summed E-state index contributed by atoms with van der Waals surface area (Å²) >= 11 is 3.33. The highest BCUT2D eigenvalue weighted by Gasteiger charge is 2.24. The first-order valence-electron chi connectivity index (χ1n) is 8.22. The lowest BCUT2D eigenvalue weighted by Gasteiger charge is -2.17. The highest BCUT2D eigenvalue weighted by molar-refractivity contribution is 8.04. The van der Waals surface area contributed by atoms with Crippen LogP contribution in [0.3, 0.4) is 0 Å². The number of benzene rings is 2. The van der Waals surface area contributed by atoms with Gasteiger partial charge in [-0.05, 0) is 43.3 Å². The van der Waals surface area contributed by atoms with Gasteiger partial charge in [0.05, 0.1) is 15.6 Å². The van der Waals surface area contributed by atoms with Gasteiger partial charge in [-0.15, -0.1) is 0 Å². The fourth-order valence-electron chi connectivity index (χ4n) is 2.93. The molecule has 0 saturated carbocycles. The largest absolute Gasteiger partial charge is 0.335 e. The maximum absolute atomic E-state index is 12.3. The average Bonchev–Trinajstić information content (AvgIpc) is 3.16. The molecule has 0 saturated heterocycles. The van der Waals surface area contributed by atoms with Gasteiger partial charge in [0.1, 0.15) is 0 Å². The van der Waals surface area contributed by atoms with Crippen molar-refractivity contribution in [2.45, 2.75) is 16.7 Å². The number of hydrogen-bond donors (Lipinski definition) is 0. The van der Waals surface area contributed by atoms with Crippen molar-refractivity contribution in [3.8, 4) is 0 Å². The van der Waals surface area contributed by atoms with Gasteiger partial charge in [0.15, 0.2) is 0 Å². The van der Waals surface area contributed by atoms with Crippen LogP contribution in [0.15, 0.2) is 92.6 Å². The third kappa shape index (κ3) is 3.08. The minimum Gasteiger partial charge on any atom is -0.335 e. The molecule has 0 N–H and O–H groups in total. The van der Waals surface area contributed by atoms with Crippen LogP contribution in [0.4, 0.5) is 5.69 Å². The van der Waals surface area contributed by atoms with Crippen molar-refractivity contribution in [2.75, 3.05) is 11.4 Å². The van der Waals surface area contributed by atoms with Gasteiger partial charge in [0, 0.05) is 21.9 Å². The number of nitrogens with zero attached hydrogens (tertiary/aromatic N) is 1. The number of fused-ring (bicyclic) bond motifs is 2. The maximum atomic E-state index is 12.3. The predicted octanol–water partition coefficient (Wildman–Crippen LogP) is 5.89. The number of rotatable bonds is 3. The lowest BCUT2D eigenvalue weighted by atomic mass is 10.1. The minimum absolute atomic E-state index is 0.121. The van der Waals surface area contributed by atoms with Crippen molar-refractivity contribution < 1.29 is 4.79 Å². The quantitative estimate of drug-likeness (QED) is 0.634. The van der Waals surface area contributed by atoms with Gasteiger partial charge in [0.2, 0.25) is 5.78 Å². The first-order chi connectivity index (χ1) is 12.3. The Bertz CT molecular complexity index is 927. The van der Waals surface area contributed by atoms with E-state index in [1.807, 2.05) is 42.5 Å². The van der Waals surface area contributed by atoms with E-state index in [-0.39, 0.29) is 5.78 Å². The number of carbonyl (C=O) groups is 1. The standard InChI is InChI=1S/C21H17NOS2/c1-2-22-16-10-4-6-12-18(16)25-20(22)14-8-7-13-19-21(23)15-9-3-5-11-17(15)24-19/h3-14H,2H2,1H3/b8-7+,19-13+,20-14-. The number of thioether (sulfide) groups is 2. The van der Waals surface area contributed by atoms with Gasteiger partial charge in [-0.3, -0.25) is 4.79 Å². The van der Waals surface area contributed by atoms with Crippen LogP contribution in [0.5, 0.6) is 0 Å². The zero-order valence-electron chi connectivity index (χ0n) is 13.8. The molecule has 2 heterocycles. The van der Waals surface area contributed by atoms with Crippen molar-refractivity contribution >= 4 is 35.0 Å². The van der Waals surface area contributed by atoms with Gasteiger partial charge in [-0.25, -0.2) is 0 Å². The van der Waals surface area contributed by atoms with E-state index in [2.05, 4.69) is 42.2 Å². The highest BCUT2D eigenvalue weighted by atomic mass is 32.2. The fourth-order valence-corrected chi connectivity index (χ4v) is 5.08. The first kappa shape index (κ1) is 16.3. The fraction of sp³-hybridized carbons (Fsp3) is 0.0952. The van der Waals surface area contributed by atoms with Crippen molar-refractivity contribution in [2.24, 2.45) is 0 Å². The predicted molar refractivity (Wildman–Crippen MR) is 107 cm³/mol. The van der Waals surface area contributed by atoms with Crippen LogP contribution in [0.25, 0.3) is 0 Å². The Morgan fingerprint density at radius 2 is 1.64 bits per heavy atom. The molecule has 4 rings (SSSR count). The van der Waals surface area contributed by atoms with Gasteiger partial charge >= 0.3 is 0 Å². The summed E-state index contributed by atoms with van der Waals surface area (Å²) in [6.45, 7) is 3.10. The second-order valence-corrected chi connectivity index (χ2v) is 7.81. The molecular weight excluding hydrogens is 346 g/mol. The Balaban J connectivity index is 1.51. The lowest BCUT2D eigenvalue weighted by molar-refractivity contribution is 0.104. The maximum Gasteiger partial charge on any atom is 0.200 e. The summed E-state index contributed by atoms with van der Waals surface area (Å²) in [5.41, 5.74) is 2.08. The topological polar surface area (TPSA) is 20.3 Å². The molecule has 4 heteroatoms. The molecule has 0 atom stereocenters. The molecule has 0 spiro atoms. The molecule has 25 heavy (non-hydrogen) atoms. The number of hydrogen-bond acceptors (Lipinski definition) is 4. The molecule has 2 aliphatic rings. The number of allylic oxidation sites excluding steroid dienone is 5. The summed E-state index contributed by atoms with van der Waals surface area (Å²) in [5.74, 6) is 0.121. The Hall–Kier alpha value is -2.17. The summed E-state index contributed by atoms with van der Waals surface area (Å²) in [5, 5.41) is 1.21. The molecule has 0 unspecified atom stereocenters. The molecular formula is C21H17NOS2. The van der Waals surface area contributed by atoms with Gasteiger partial charge < -0.3 is 4.90 Å². The van der Waals surface area contributed by atoms with E-state index in [1.54, 1.807) is 23.5 Å². The third-order valence-corrected chi connectivity index (χ3v) is 6.37. The van der Waals surface area contributed by atoms with Crippen LogP contribution in [0, 0.1) is 0 Å². The van der Waals surface area contributed by atoms with E-state index in [0.29, 0.717) is 0 Å². The zero-order valence-corrected chi connectivity index (χ0v) is 15.4. The Kier molecular flexibility index (Phi) is 4.55. The van der Waals surface area contributed by atoms with Gasteiger partial charge in [0.25, 0.3) is 0 Å². The van der Waals surface area contributed by atoms with Crippen molar-refractivity contribution in [1.29, 1.82) is 0 Å². The summed E-state index contributed by atoms with van der Waals surface area (Å²) in [6.07, 6.45) is 7.99. The molecule has 0 aromatic heterocycles. The van der Waals surface area contributed by atoms with Crippen molar-refractivity contribution in [1.82, 2.24) is 0 Å². The third-order valence-electron chi connectivity index (χ3n) is 4.13. The van der Waals surface area contributed by atoms with E-state index < -0.39 is 0 Å². The molecule has 2 aromatic carbocycles. The normalized spacial score (nSPS) is 19.2. The number of para-hydroxylation sites is 1. The molecule has 0 bridgehead atoms. The number of ketones is 1. The number of Topliss-reactive ketones (excluding diaryl/α,β-unsaturated/α-hetero) is 1. The van der Waals surface area contributed by atoms with E-state index in [4.69, 9.17) is 0 Å². The van der Waals surface area contributed by atoms with Crippen LogP contribution in [-0.2, 0) is 0 Å².